The van der Waals surface area contributed by atoms with E-state index >= 15 is 0 Å². The first-order valence-corrected chi connectivity index (χ1v) is 8.83. The number of anilines is 1. The Kier molecular flexibility index (Phi) is 4.28. The summed E-state index contributed by atoms with van der Waals surface area (Å²) < 4.78 is 0. The fourth-order valence-electron chi connectivity index (χ4n) is 2.71. The molecule has 0 bridgehead atoms. The van der Waals surface area contributed by atoms with Gasteiger partial charge in [0, 0.05) is 10.9 Å². The van der Waals surface area contributed by atoms with Gasteiger partial charge >= 0.3 is 0 Å². The van der Waals surface area contributed by atoms with Crippen molar-refractivity contribution in [2.75, 3.05) is 5.73 Å². The van der Waals surface area contributed by atoms with E-state index in [-0.39, 0.29) is 12.5 Å². The van der Waals surface area contributed by atoms with Crippen molar-refractivity contribution in [1.82, 2.24) is 20.5 Å². The standard InChI is InChI=1S/C19H15N5OS/c20-19-24-23-17(26-19)11-21-18(25)14-10-16(12-6-2-1-3-7-12)22-15-9-5-4-8-13(14)15/h1-10H,11H2,(H2,20,24)(H,21,25). The molecule has 0 fully saturated rings. The van der Waals surface area contributed by atoms with Gasteiger partial charge in [-0.15, -0.1) is 10.2 Å². The van der Waals surface area contributed by atoms with Crippen molar-refractivity contribution in [3.8, 4) is 11.3 Å². The summed E-state index contributed by atoms with van der Waals surface area (Å²) in [6.45, 7) is 0.283. The molecule has 26 heavy (non-hydrogen) atoms. The van der Waals surface area contributed by atoms with Crippen LogP contribution in [0.1, 0.15) is 15.4 Å². The zero-order chi connectivity index (χ0) is 17.9. The molecular weight excluding hydrogens is 346 g/mol. The number of pyridine rings is 1. The van der Waals surface area contributed by atoms with Gasteiger partial charge in [0.05, 0.1) is 23.3 Å². The number of nitrogens with one attached hydrogen (secondary N) is 1. The van der Waals surface area contributed by atoms with Crippen LogP contribution in [0, 0.1) is 0 Å². The lowest BCUT2D eigenvalue weighted by molar-refractivity contribution is 0.0952. The number of para-hydroxylation sites is 1. The largest absolute Gasteiger partial charge is 0.374 e. The third-order valence-corrected chi connectivity index (χ3v) is 4.67. The smallest absolute Gasteiger partial charge is 0.252 e. The first-order chi connectivity index (χ1) is 12.7. The van der Waals surface area contributed by atoms with Crippen LogP contribution in [0.15, 0.2) is 60.7 Å². The van der Waals surface area contributed by atoms with Gasteiger partial charge in [0.15, 0.2) is 0 Å². The number of amides is 1. The van der Waals surface area contributed by atoms with Gasteiger partial charge in [-0.1, -0.05) is 59.9 Å². The molecule has 2 aromatic heterocycles. The summed E-state index contributed by atoms with van der Waals surface area (Å²) in [6, 6.07) is 19.2. The zero-order valence-electron chi connectivity index (χ0n) is 13.7. The number of hydrogen-bond donors (Lipinski definition) is 2. The quantitative estimate of drug-likeness (QED) is 0.582. The number of hydrogen-bond acceptors (Lipinski definition) is 6. The predicted octanol–water partition coefficient (Wildman–Crippen LogP) is 3.27. The van der Waals surface area contributed by atoms with E-state index in [4.69, 9.17) is 10.7 Å². The van der Waals surface area contributed by atoms with Crippen LogP contribution >= 0.6 is 11.3 Å². The highest BCUT2D eigenvalue weighted by atomic mass is 32.1. The van der Waals surface area contributed by atoms with Gasteiger partial charge in [0.25, 0.3) is 5.91 Å². The number of benzene rings is 2. The number of fused-ring (bicyclic) bond motifs is 1. The van der Waals surface area contributed by atoms with E-state index in [1.165, 1.54) is 11.3 Å². The number of aromatic nitrogens is 3. The van der Waals surface area contributed by atoms with Crippen molar-refractivity contribution in [1.29, 1.82) is 0 Å². The Labute approximate surface area is 153 Å². The third kappa shape index (κ3) is 3.25. The van der Waals surface area contributed by atoms with Crippen LogP contribution in [0.4, 0.5) is 5.13 Å². The average molecular weight is 361 g/mol. The molecule has 0 aliphatic carbocycles. The van der Waals surface area contributed by atoms with Crippen LogP contribution in [0.3, 0.4) is 0 Å². The molecule has 0 atom stereocenters. The van der Waals surface area contributed by atoms with Gasteiger partial charge in [-0.2, -0.15) is 0 Å². The lowest BCUT2D eigenvalue weighted by Gasteiger charge is -2.10. The summed E-state index contributed by atoms with van der Waals surface area (Å²) in [5.74, 6) is -0.186. The average Bonchev–Trinajstić information content (AvgIpc) is 3.11. The van der Waals surface area contributed by atoms with Crippen LogP contribution in [0.25, 0.3) is 22.2 Å². The van der Waals surface area contributed by atoms with Crippen LogP contribution in [0.5, 0.6) is 0 Å². The number of nitrogens with two attached hydrogens (primary N) is 1. The fraction of sp³-hybridized carbons (Fsp3) is 0.0526. The second-order valence-corrected chi connectivity index (χ2v) is 6.75. The molecule has 4 rings (SSSR count). The predicted molar refractivity (Wildman–Crippen MR) is 103 cm³/mol. The van der Waals surface area contributed by atoms with Crippen molar-refractivity contribution in [2.24, 2.45) is 0 Å². The van der Waals surface area contributed by atoms with Gasteiger partial charge in [-0.25, -0.2) is 4.98 Å². The first-order valence-electron chi connectivity index (χ1n) is 8.02. The second-order valence-electron chi connectivity index (χ2n) is 5.65. The highest BCUT2D eigenvalue weighted by Crippen LogP contribution is 2.25. The van der Waals surface area contributed by atoms with Crippen LogP contribution in [-0.4, -0.2) is 21.1 Å². The highest BCUT2D eigenvalue weighted by Gasteiger charge is 2.14. The van der Waals surface area contributed by atoms with Gasteiger partial charge < -0.3 is 11.1 Å². The van der Waals surface area contributed by atoms with E-state index in [0.717, 1.165) is 22.2 Å². The highest BCUT2D eigenvalue weighted by molar-refractivity contribution is 7.15. The molecule has 7 heteroatoms. The SMILES string of the molecule is Nc1nnc(CNC(=O)c2cc(-c3ccccc3)nc3ccccc23)s1. The maximum absolute atomic E-state index is 12.8. The number of rotatable bonds is 4. The summed E-state index contributed by atoms with van der Waals surface area (Å²) in [6.07, 6.45) is 0. The molecule has 0 saturated heterocycles. The molecule has 0 unspecified atom stereocenters. The van der Waals surface area contributed by atoms with E-state index in [1.54, 1.807) is 0 Å². The minimum Gasteiger partial charge on any atom is -0.374 e. The van der Waals surface area contributed by atoms with Crippen LogP contribution in [-0.2, 0) is 6.54 Å². The number of carbonyl (C=O) groups excluding carboxylic acids is 1. The number of nitrogen functional groups attached to an aromatic ring is 1. The monoisotopic (exact) mass is 361 g/mol. The maximum atomic E-state index is 12.8. The van der Waals surface area contributed by atoms with E-state index in [1.807, 2.05) is 60.7 Å². The molecule has 6 nitrogen and oxygen atoms in total. The molecule has 0 aliphatic heterocycles. The van der Waals surface area contributed by atoms with Crippen LogP contribution < -0.4 is 11.1 Å². The molecular formula is C19H15N5OS. The fourth-order valence-corrected chi connectivity index (χ4v) is 3.26. The van der Waals surface area contributed by atoms with Crippen molar-refractivity contribution in [2.45, 2.75) is 6.54 Å². The summed E-state index contributed by atoms with van der Waals surface area (Å²) >= 11 is 1.26. The summed E-state index contributed by atoms with van der Waals surface area (Å²) in [7, 11) is 0. The minimum absolute atomic E-state index is 0.186. The molecule has 2 heterocycles. The number of carbonyl (C=O) groups is 1. The van der Waals surface area contributed by atoms with Gasteiger partial charge in [-0.05, 0) is 12.1 Å². The third-order valence-electron chi connectivity index (χ3n) is 3.91. The second kappa shape index (κ2) is 6.89. The minimum atomic E-state index is -0.186. The lowest BCUT2D eigenvalue weighted by Crippen LogP contribution is -2.23. The van der Waals surface area contributed by atoms with Crippen molar-refractivity contribution < 1.29 is 4.79 Å². The Morgan fingerprint density at radius 2 is 1.81 bits per heavy atom. The number of nitrogens with zero attached hydrogens (tertiary/aromatic N) is 3. The zero-order valence-corrected chi connectivity index (χ0v) is 14.5. The van der Waals surface area contributed by atoms with Gasteiger partial charge in [0.1, 0.15) is 5.01 Å². The van der Waals surface area contributed by atoms with Crippen molar-refractivity contribution >= 4 is 33.3 Å². The summed E-state index contributed by atoms with van der Waals surface area (Å²) in [5, 5.41) is 12.4. The Bertz CT molecular complexity index is 1080. The Balaban J connectivity index is 1.71. The van der Waals surface area contributed by atoms with Gasteiger partial charge in [0.2, 0.25) is 5.13 Å². The molecule has 4 aromatic rings. The van der Waals surface area contributed by atoms with E-state index in [9.17, 15) is 4.79 Å². The molecule has 1 amide bonds. The van der Waals surface area contributed by atoms with Crippen molar-refractivity contribution in [3.63, 3.8) is 0 Å². The lowest BCUT2D eigenvalue weighted by atomic mass is 10.0. The van der Waals surface area contributed by atoms with E-state index < -0.39 is 0 Å². The van der Waals surface area contributed by atoms with E-state index in [2.05, 4.69) is 15.5 Å². The Hall–Kier alpha value is -3.32. The molecule has 0 saturated carbocycles. The molecule has 3 N–H and O–H groups in total. The molecule has 2 aromatic carbocycles. The normalized spacial score (nSPS) is 10.8. The summed E-state index contributed by atoms with van der Waals surface area (Å²) in [5.41, 5.74) is 8.65. The first kappa shape index (κ1) is 16.2. The molecule has 0 spiro atoms. The maximum Gasteiger partial charge on any atom is 0.252 e. The molecule has 128 valence electrons. The van der Waals surface area contributed by atoms with E-state index in [0.29, 0.717) is 15.7 Å². The Morgan fingerprint density at radius 3 is 2.58 bits per heavy atom. The summed E-state index contributed by atoms with van der Waals surface area (Å²) in [4.78, 5) is 17.5. The Morgan fingerprint density at radius 1 is 1.04 bits per heavy atom. The van der Waals surface area contributed by atoms with Crippen molar-refractivity contribution in [3.05, 3.63) is 71.2 Å². The molecule has 0 radical (unpaired) electrons. The van der Waals surface area contributed by atoms with Gasteiger partial charge in [-0.3, -0.25) is 4.79 Å². The van der Waals surface area contributed by atoms with Crippen LogP contribution in [0.2, 0.25) is 0 Å². The molecule has 0 aliphatic rings. The topological polar surface area (TPSA) is 93.8 Å².